The SMILES string of the molecule is CN(C)C(C)(C)[C@]1(CO)O[C@H](OC2[C@@H](CO)O[C@@H](OC3[C@@H](CO)O[C@@H](O)[C@H](N)[C@H]3O)[C@H](N)[C@H]2O)[C@H](N)[C@@H](O)[C@@H]1O. The van der Waals surface area contributed by atoms with E-state index in [9.17, 15) is 40.9 Å². The maximum atomic E-state index is 11.1. The highest BCUT2D eigenvalue weighted by atomic mass is 16.7. The standard InChI is InChI=1S/C23H46N4O13/c1-22(2,27(3)4)23(7-30)18(34)15(33)12(26)21(40-23)39-17-9(6-29)37-20(11(25)14(17)32)38-16-8(5-28)36-19(35)10(24)13(16)31/h8-21,28-35H,5-7,24-26H2,1-4H3/t8-,9-,10-,11-,12-,13-,14-,15-,16?,17?,18+,19-,20+,21+,23-/m1/s1. The molecule has 3 heterocycles. The maximum Gasteiger partial charge on any atom is 0.176 e. The van der Waals surface area contributed by atoms with Gasteiger partial charge in [0.05, 0.1) is 37.9 Å². The first-order chi connectivity index (χ1) is 18.6. The van der Waals surface area contributed by atoms with Gasteiger partial charge in [-0.2, -0.15) is 0 Å². The molecule has 0 bridgehead atoms. The minimum absolute atomic E-state index is 0.661. The van der Waals surface area contributed by atoms with E-state index in [2.05, 4.69) is 0 Å². The molecule has 3 aliphatic rings. The van der Waals surface area contributed by atoms with E-state index < -0.39 is 117 Å². The van der Waals surface area contributed by atoms with Crippen LogP contribution in [0.3, 0.4) is 0 Å². The molecule has 3 saturated heterocycles. The molecule has 2 unspecified atom stereocenters. The molecule has 0 aromatic carbocycles. The Balaban J connectivity index is 1.83. The van der Waals surface area contributed by atoms with Gasteiger partial charge in [-0.15, -0.1) is 0 Å². The highest BCUT2D eigenvalue weighted by molar-refractivity contribution is 5.12. The van der Waals surface area contributed by atoms with Crippen molar-refractivity contribution in [2.45, 2.75) is 111 Å². The predicted octanol–water partition coefficient (Wildman–Crippen LogP) is -6.96. The molecule has 0 radical (unpaired) electrons. The molecule has 17 nitrogen and oxygen atoms in total. The van der Waals surface area contributed by atoms with Gasteiger partial charge in [-0.1, -0.05) is 0 Å². The second kappa shape index (κ2) is 12.9. The Morgan fingerprint density at radius 2 is 1.23 bits per heavy atom. The average Bonchev–Trinajstić information content (AvgIpc) is 2.92. The quantitative estimate of drug-likeness (QED) is 0.120. The van der Waals surface area contributed by atoms with E-state index in [1.165, 1.54) is 0 Å². The smallest absolute Gasteiger partial charge is 0.176 e. The second-order valence-corrected chi connectivity index (χ2v) is 11.3. The van der Waals surface area contributed by atoms with Crippen LogP contribution in [-0.4, -0.2) is 177 Å². The van der Waals surface area contributed by atoms with Gasteiger partial charge in [0.1, 0.15) is 54.4 Å². The van der Waals surface area contributed by atoms with Gasteiger partial charge in [-0.05, 0) is 27.9 Å². The lowest BCUT2D eigenvalue weighted by Gasteiger charge is -2.57. The summed E-state index contributed by atoms with van der Waals surface area (Å²) in [5.74, 6) is 0. The zero-order valence-corrected chi connectivity index (χ0v) is 23.0. The van der Waals surface area contributed by atoms with Gasteiger partial charge < -0.3 is 86.6 Å². The number of aliphatic hydroxyl groups excluding tert-OH is 8. The molecular formula is C23H46N4O13. The normalized spacial score (nSPS) is 48.9. The van der Waals surface area contributed by atoms with Crippen molar-refractivity contribution in [3.05, 3.63) is 0 Å². The molecule has 0 aromatic rings. The largest absolute Gasteiger partial charge is 0.394 e. The Kier molecular flexibility index (Phi) is 10.9. The fourth-order valence-electron chi connectivity index (χ4n) is 5.29. The summed E-state index contributed by atoms with van der Waals surface area (Å²) in [6, 6.07) is -4.00. The van der Waals surface area contributed by atoms with Crippen LogP contribution in [0, 0.1) is 0 Å². The Bertz CT molecular complexity index is 826. The second-order valence-electron chi connectivity index (χ2n) is 11.3. The van der Waals surface area contributed by atoms with Crippen LogP contribution in [0.25, 0.3) is 0 Å². The van der Waals surface area contributed by atoms with Crippen LogP contribution in [0.2, 0.25) is 0 Å². The Labute approximate surface area is 231 Å². The molecule has 0 spiro atoms. The van der Waals surface area contributed by atoms with Crippen LogP contribution >= 0.6 is 0 Å². The first kappa shape index (κ1) is 33.8. The number of hydrogen-bond donors (Lipinski definition) is 11. The summed E-state index contributed by atoms with van der Waals surface area (Å²) in [6.45, 7) is 1.23. The van der Waals surface area contributed by atoms with E-state index in [-0.39, 0.29) is 0 Å². The molecule has 0 aromatic heterocycles. The van der Waals surface area contributed by atoms with Crippen molar-refractivity contribution in [1.82, 2.24) is 4.90 Å². The Morgan fingerprint density at radius 1 is 0.750 bits per heavy atom. The van der Waals surface area contributed by atoms with Gasteiger partial charge in [0.15, 0.2) is 18.9 Å². The maximum absolute atomic E-state index is 11.1. The number of aliphatic hydroxyl groups is 8. The number of nitrogens with two attached hydrogens (primary N) is 3. The lowest BCUT2D eigenvalue weighted by atomic mass is 9.73. The molecule has 3 fully saturated rings. The third kappa shape index (κ3) is 5.78. The van der Waals surface area contributed by atoms with E-state index in [0.29, 0.717) is 0 Å². The molecule has 0 saturated carbocycles. The molecule has 236 valence electrons. The summed E-state index contributed by atoms with van der Waals surface area (Å²) in [4.78, 5) is 1.67. The highest BCUT2D eigenvalue weighted by Gasteiger charge is 2.62. The molecule has 3 rings (SSSR count). The lowest BCUT2D eigenvalue weighted by Crippen LogP contribution is -2.78. The van der Waals surface area contributed by atoms with Gasteiger partial charge in [-0.25, -0.2) is 0 Å². The van der Waals surface area contributed by atoms with Crippen molar-refractivity contribution in [1.29, 1.82) is 0 Å². The Morgan fingerprint density at radius 3 is 1.73 bits per heavy atom. The van der Waals surface area contributed by atoms with Crippen molar-refractivity contribution >= 4 is 0 Å². The summed E-state index contributed by atoms with van der Waals surface area (Å²) >= 11 is 0. The number of ether oxygens (including phenoxy) is 5. The lowest BCUT2D eigenvalue weighted by molar-refractivity contribution is -0.371. The van der Waals surface area contributed by atoms with Crippen LogP contribution in [0.5, 0.6) is 0 Å². The van der Waals surface area contributed by atoms with Crippen LogP contribution in [0.15, 0.2) is 0 Å². The fourth-order valence-corrected chi connectivity index (χ4v) is 5.29. The molecule has 0 amide bonds. The van der Waals surface area contributed by atoms with Gasteiger partial charge in [0.25, 0.3) is 0 Å². The summed E-state index contributed by atoms with van der Waals surface area (Å²) in [5, 5.41) is 83.2. The molecule has 3 aliphatic heterocycles. The summed E-state index contributed by atoms with van der Waals surface area (Å²) < 4.78 is 28.6. The van der Waals surface area contributed by atoms with Crippen molar-refractivity contribution in [3.8, 4) is 0 Å². The van der Waals surface area contributed by atoms with E-state index in [1.807, 2.05) is 0 Å². The topological polar surface area (TPSA) is 289 Å². The van der Waals surface area contributed by atoms with Gasteiger partial charge in [0, 0.05) is 5.54 Å². The summed E-state index contributed by atoms with van der Waals surface area (Å²) in [6.07, 6.45) is -16.2. The predicted molar refractivity (Wildman–Crippen MR) is 134 cm³/mol. The zero-order chi connectivity index (χ0) is 30.3. The highest BCUT2D eigenvalue weighted by Crippen LogP contribution is 2.41. The van der Waals surface area contributed by atoms with Crippen molar-refractivity contribution < 1.29 is 64.5 Å². The molecule has 14 N–H and O–H groups in total. The first-order valence-corrected chi connectivity index (χ1v) is 13.1. The summed E-state index contributed by atoms with van der Waals surface area (Å²) in [7, 11) is 3.38. The zero-order valence-electron chi connectivity index (χ0n) is 23.0. The van der Waals surface area contributed by atoms with Gasteiger partial charge >= 0.3 is 0 Å². The van der Waals surface area contributed by atoms with E-state index in [0.717, 1.165) is 0 Å². The van der Waals surface area contributed by atoms with Crippen molar-refractivity contribution in [2.24, 2.45) is 17.2 Å². The number of hydrogen-bond acceptors (Lipinski definition) is 17. The van der Waals surface area contributed by atoms with Crippen molar-refractivity contribution in [3.63, 3.8) is 0 Å². The van der Waals surface area contributed by atoms with E-state index >= 15 is 0 Å². The van der Waals surface area contributed by atoms with Crippen LogP contribution in [0.1, 0.15) is 13.8 Å². The number of rotatable bonds is 9. The van der Waals surface area contributed by atoms with Crippen LogP contribution < -0.4 is 17.2 Å². The van der Waals surface area contributed by atoms with Gasteiger partial charge in [-0.3, -0.25) is 0 Å². The van der Waals surface area contributed by atoms with E-state index in [4.69, 9.17) is 40.9 Å². The van der Waals surface area contributed by atoms with Gasteiger partial charge in [0.2, 0.25) is 0 Å². The summed E-state index contributed by atoms with van der Waals surface area (Å²) in [5.41, 5.74) is 15.2. The fraction of sp³-hybridized carbons (Fsp3) is 1.00. The molecule has 15 atom stereocenters. The monoisotopic (exact) mass is 586 g/mol. The number of likely N-dealkylation sites (N-methyl/N-ethyl adjacent to an activating group) is 1. The first-order valence-electron chi connectivity index (χ1n) is 13.1. The minimum Gasteiger partial charge on any atom is -0.394 e. The van der Waals surface area contributed by atoms with Crippen molar-refractivity contribution in [2.75, 3.05) is 33.9 Å². The Hall–Kier alpha value is -0.680. The average molecular weight is 587 g/mol. The molecule has 40 heavy (non-hydrogen) atoms. The van der Waals surface area contributed by atoms with Crippen LogP contribution in [0.4, 0.5) is 0 Å². The third-order valence-electron chi connectivity index (χ3n) is 8.63. The minimum atomic E-state index is -1.79. The van der Waals surface area contributed by atoms with Crippen LogP contribution in [-0.2, 0) is 23.7 Å². The number of nitrogens with zero attached hydrogens (tertiary/aromatic N) is 1. The molecule has 0 aliphatic carbocycles. The van der Waals surface area contributed by atoms with E-state index in [1.54, 1.807) is 32.8 Å². The molecular weight excluding hydrogens is 540 g/mol. The molecule has 17 heteroatoms. The third-order valence-corrected chi connectivity index (χ3v) is 8.63.